The van der Waals surface area contributed by atoms with Crippen LogP contribution in [-0.4, -0.2) is 41.3 Å². The van der Waals surface area contributed by atoms with E-state index in [0.29, 0.717) is 6.54 Å². The monoisotopic (exact) mass is 245 g/mol. The molecule has 2 amide bonds. The number of hydrogen-bond donors (Lipinski definition) is 2. The van der Waals surface area contributed by atoms with E-state index < -0.39 is 12.0 Å². The van der Waals surface area contributed by atoms with E-state index in [0.717, 1.165) is 0 Å². The maximum atomic E-state index is 11.6. The first-order valence-corrected chi connectivity index (χ1v) is 5.56. The average Bonchev–Trinajstić information content (AvgIpc) is 2.25. The lowest BCUT2D eigenvalue weighted by molar-refractivity contribution is -0.135. The van der Waals surface area contributed by atoms with Crippen molar-refractivity contribution in [2.24, 2.45) is 11.7 Å². The van der Waals surface area contributed by atoms with E-state index in [2.05, 4.69) is 5.32 Å². The van der Waals surface area contributed by atoms with Crippen molar-refractivity contribution in [1.29, 1.82) is 0 Å². The minimum Gasteiger partial charge on any atom is -0.393 e. The third-order valence-electron chi connectivity index (χ3n) is 2.40. The van der Waals surface area contributed by atoms with Crippen molar-refractivity contribution in [2.45, 2.75) is 26.8 Å². The zero-order valence-corrected chi connectivity index (χ0v) is 10.9. The van der Waals surface area contributed by atoms with Crippen molar-refractivity contribution < 1.29 is 9.59 Å². The molecule has 6 heteroatoms. The standard InChI is InChI=1S/C10H19N3O2S/c1-5-13(4)10(15)7(3)12-9(14)6(2)8(11)16/h6-7H,5H2,1-4H3,(H2,11,16)(H,12,14). The first-order valence-electron chi connectivity index (χ1n) is 5.15. The summed E-state index contributed by atoms with van der Waals surface area (Å²) in [5.74, 6) is -1.01. The van der Waals surface area contributed by atoms with E-state index in [1.165, 1.54) is 4.90 Å². The third-order valence-corrected chi connectivity index (χ3v) is 2.75. The minimum absolute atomic E-state index is 0.126. The maximum absolute atomic E-state index is 11.6. The number of nitrogens with two attached hydrogens (primary N) is 1. The zero-order chi connectivity index (χ0) is 12.9. The Hall–Kier alpha value is -1.17. The molecule has 0 aromatic rings. The van der Waals surface area contributed by atoms with Gasteiger partial charge in [-0.2, -0.15) is 0 Å². The zero-order valence-electron chi connectivity index (χ0n) is 10.1. The Balaban J connectivity index is 4.35. The number of thiocarbonyl (C=S) groups is 1. The molecule has 2 unspecified atom stereocenters. The van der Waals surface area contributed by atoms with Crippen LogP contribution in [-0.2, 0) is 9.59 Å². The molecule has 2 atom stereocenters. The number of nitrogens with one attached hydrogen (secondary N) is 1. The van der Waals surface area contributed by atoms with Gasteiger partial charge in [0, 0.05) is 13.6 Å². The van der Waals surface area contributed by atoms with Crippen LogP contribution in [0.25, 0.3) is 0 Å². The van der Waals surface area contributed by atoms with E-state index in [1.54, 1.807) is 20.9 Å². The van der Waals surface area contributed by atoms with Crippen LogP contribution >= 0.6 is 12.2 Å². The molecule has 16 heavy (non-hydrogen) atoms. The largest absolute Gasteiger partial charge is 0.393 e. The number of amides is 2. The molecule has 0 aromatic heterocycles. The number of likely N-dealkylation sites (N-methyl/N-ethyl adjacent to an activating group) is 1. The van der Waals surface area contributed by atoms with Gasteiger partial charge in [0.25, 0.3) is 0 Å². The molecule has 0 spiro atoms. The van der Waals surface area contributed by atoms with Gasteiger partial charge in [0.1, 0.15) is 6.04 Å². The molecule has 0 bridgehead atoms. The molecule has 0 aliphatic rings. The van der Waals surface area contributed by atoms with E-state index >= 15 is 0 Å². The van der Waals surface area contributed by atoms with Gasteiger partial charge in [-0.25, -0.2) is 0 Å². The van der Waals surface area contributed by atoms with Gasteiger partial charge >= 0.3 is 0 Å². The van der Waals surface area contributed by atoms with Crippen LogP contribution < -0.4 is 11.1 Å². The SMILES string of the molecule is CCN(C)C(=O)C(C)NC(=O)C(C)C(N)=S. The van der Waals surface area contributed by atoms with Gasteiger partial charge in [-0.3, -0.25) is 9.59 Å². The van der Waals surface area contributed by atoms with Crippen LogP contribution in [0.15, 0.2) is 0 Å². The first kappa shape index (κ1) is 14.8. The van der Waals surface area contributed by atoms with Crippen molar-refractivity contribution in [3.63, 3.8) is 0 Å². The quantitative estimate of drug-likeness (QED) is 0.663. The highest BCUT2D eigenvalue weighted by molar-refractivity contribution is 7.80. The van der Waals surface area contributed by atoms with E-state index in [1.807, 2.05) is 6.92 Å². The normalized spacial score (nSPS) is 13.8. The van der Waals surface area contributed by atoms with E-state index in [-0.39, 0.29) is 16.8 Å². The Kier molecular flexibility index (Phi) is 5.95. The van der Waals surface area contributed by atoms with Crippen LogP contribution in [0.4, 0.5) is 0 Å². The molecular formula is C10H19N3O2S. The summed E-state index contributed by atoms with van der Waals surface area (Å²) in [4.78, 5) is 24.9. The molecule has 92 valence electrons. The summed E-state index contributed by atoms with van der Waals surface area (Å²) in [7, 11) is 1.68. The predicted molar refractivity (Wildman–Crippen MR) is 66.9 cm³/mol. The molecule has 0 saturated carbocycles. The summed E-state index contributed by atoms with van der Waals surface area (Å²) < 4.78 is 0. The molecule has 0 radical (unpaired) electrons. The Labute approximate surface area is 101 Å². The van der Waals surface area contributed by atoms with Crippen LogP contribution in [0.3, 0.4) is 0 Å². The molecule has 0 fully saturated rings. The molecule has 5 nitrogen and oxygen atoms in total. The van der Waals surface area contributed by atoms with E-state index in [9.17, 15) is 9.59 Å². The molecule has 0 saturated heterocycles. The highest BCUT2D eigenvalue weighted by Crippen LogP contribution is 1.98. The number of carbonyl (C=O) groups is 2. The molecule has 3 N–H and O–H groups in total. The molecule has 0 aromatic carbocycles. The Morgan fingerprint density at radius 2 is 1.94 bits per heavy atom. The van der Waals surface area contributed by atoms with Gasteiger partial charge in [-0.15, -0.1) is 0 Å². The lowest BCUT2D eigenvalue weighted by Crippen LogP contribution is -2.48. The Morgan fingerprint density at radius 1 is 1.44 bits per heavy atom. The van der Waals surface area contributed by atoms with Crippen molar-refractivity contribution in [1.82, 2.24) is 10.2 Å². The van der Waals surface area contributed by atoms with Gasteiger partial charge in [0.15, 0.2) is 0 Å². The summed E-state index contributed by atoms with van der Waals surface area (Å²) in [6.07, 6.45) is 0. The van der Waals surface area contributed by atoms with Gasteiger partial charge in [-0.1, -0.05) is 12.2 Å². The molecular weight excluding hydrogens is 226 g/mol. The first-order chi connectivity index (χ1) is 7.31. The lowest BCUT2D eigenvalue weighted by Gasteiger charge is -2.21. The fourth-order valence-electron chi connectivity index (χ4n) is 1.02. The van der Waals surface area contributed by atoms with Crippen molar-refractivity contribution in [3.05, 3.63) is 0 Å². The second-order valence-electron chi connectivity index (χ2n) is 3.71. The van der Waals surface area contributed by atoms with Gasteiger partial charge in [0.05, 0.1) is 10.9 Å². The molecule has 0 rings (SSSR count). The van der Waals surface area contributed by atoms with Gasteiger partial charge in [-0.05, 0) is 20.8 Å². The number of hydrogen-bond acceptors (Lipinski definition) is 3. The van der Waals surface area contributed by atoms with Crippen LogP contribution in [0.5, 0.6) is 0 Å². The summed E-state index contributed by atoms with van der Waals surface area (Å²) in [5, 5.41) is 2.58. The van der Waals surface area contributed by atoms with Crippen molar-refractivity contribution >= 4 is 29.0 Å². The molecule has 0 heterocycles. The van der Waals surface area contributed by atoms with Crippen molar-refractivity contribution in [3.8, 4) is 0 Å². The second kappa shape index (κ2) is 6.42. The predicted octanol–water partition coefficient (Wildman–Crippen LogP) is -0.108. The summed E-state index contributed by atoms with van der Waals surface area (Å²) in [5.41, 5.74) is 5.35. The third kappa shape index (κ3) is 4.14. The van der Waals surface area contributed by atoms with Gasteiger partial charge < -0.3 is 16.0 Å². The minimum atomic E-state index is -0.561. The smallest absolute Gasteiger partial charge is 0.244 e. The summed E-state index contributed by atoms with van der Waals surface area (Å²) in [6, 6.07) is -0.561. The topological polar surface area (TPSA) is 75.4 Å². The fraction of sp³-hybridized carbons (Fsp3) is 0.700. The van der Waals surface area contributed by atoms with Crippen LogP contribution in [0.1, 0.15) is 20.8 Å². The van der Waals surface area contributed by atoms with Crippen LogP contribution in [0, 0.1) is 5.92 Å². The van der Waals surface area contributed by atoms with Gasteiger partial charge in [0.2, 0.25) is 11.8 Å². The number of carbonyl (C=O) groups excluding carboxylic acids is 2. The molecule has 0 aliphatic carbocycles. The van der Waals surface area contributed by atoms with E-state index in [4.69, 9.17) is 18.0 Å². The Morgan fingerprint density at radius 3 is 2.31 bits per heavy atom. The highest BCUT2D eigenvalue weighted by atomic mass is 32.1. The van der Waals surface area contributed by atoms with Crippen molar-refractivity contribution in [2.75, 3.05) is 13.6 Å². The lowest BCUT2D eigenvalue weighted by atomic mass is 10.1. The summed E-state index contributed by atoms with van der Waals surface area (Å²) >= 11 is 4.71. The van der Waals surface area contributed by atoms with Crippen LogP contribution in [0.2, 0.25) is 0 Å². The second-order valence-corrected chi connectivity index (χ2v) is 4.18. The number of rotatable bonds is 5. The fourth-order valence-corrected chi connectivity index (χ4v) is 1.12. The highest BCUT2D eigenvalue weighted by Gasteiger charge is 2.22. The summed E-state index contributed by atoms with van der Waals surface area (Å²) in [6.45, 7) is 5.71. The number of nitrogens with zero attached hydrogens (tertiary/aromatic N) is 1. The average molecular weight is 245 g/mol. The molecule has 0 aliphatic heterocycles. The Bertz CT molecular complexity index is 294. The maximum Gasteiger partial charge on any atom is 0.244 e.